The fraction of sp³-hybridized carbons (Fsp3) is 0.263. The molecule has 1 aromatic heterocycles. The van der Waals surface area contributed by atoms with E-state index >= 15 is 0 Å². The molecule has 1 aliphatic rings. The highest BCUT2D eigenvalue weighted by Crippen LogP contribution is 2.26. The zero-order valence-corrected chi connectivity index (χ0v) is 13.1. The first-order valence-corrected chi connectivity index (χ1v) is 7.75. The van der Waals surface area contributed by atoms with Crippen molar-refractivity contribution in [3.8, 4) is 0 Å². The summed E-state index contributed by atoms with van der Waals surface area (Å²) in [4.78, 5) is 23.9. The van der Waals surface area contributed by atoms with Crippen LogP contribution in [0.5, 0.6) is 0 Å². The lowest BCUT2D eigenvalue weighted by Crippen LogP contribution is -2.12. The van der Waals surface area contributed by atoms with Crippen LogP contribution in [0.15, 0.2) is 48.7 Å². The Morgan fingerprint density at radius 2 is 2.17 bits per heavy atom. The molecule has 23 heavy (non-hydrogen) atoms. The van der Waals surface area contributed by atoms with E-state index in [2.05, 4.69) is 16.9 Å². The highest BCUT2D eigenvalue weighted by molar-refractivity contribution is 5.99. The summed E-state index contributed by atoms with van der Waals surface area (Å²) in [6.07, 6.45) is 11.7. The Morgan fingerprint density at radius 3 is 2.91 bits per heavy atom. The molecule has 4 heteroatoms. The molecule has 0 fully saturated rings. The zero-order chi connectivity index (χ0) is 16.2. The van der Waals surface area contributed by atoms with Crippen LogP contribution < -0.4 is 0 Å². The van der Waals surface area contributed by atoms with Gasteiger partial charge in [-0.15, -0.1) is 0 Å². The third-order valence-electron chi connectivity index (χ3n) is 4.16. The van der Waals surface area contributed by atoms with Crippen LogP contribution in [0.2, 0.25) is 0 Å². The Balaban J connectivity index is 1.93. The van der Waals surface area contributed by atoms with Crippen LogP contribution in [0.1, 0.15) is 29.6 Å². The summed E-state index contributed by atoms with van der Waals surface area (Å²) in [5.74, 6) is -0.00237. The largest absolute Gasteiger partial charge is 0.466 e. The summed E-state index contributed by atoms with van der Waals surface area (Å²) in [5.41, 5.74) is 1.70. The third-order valence-corrected chi connectivity index (χ3v) is 4.16. The summed E-state index contributed by atoms with van der Waals surface area (Å²) < 4.78 is 6.31. The predicted molar refractivity (Wildman–Crippen MR) is 90.1 cm³/mol. The molecule has 118 valence electrons. The number of nitrogens with zero attached hydrogens (tertiary/aromatic N) is 1. The summed E-state index contributed by atoms with van der Waals surface area (Å²) in [6.45, 7) is 0. The van der Waals surface area contributed by atoms with Gasteiger partial charge < -0.3 is 4.74 Å². The number of methoxy groups -OCH3 is 1. The van der Waals surface area contributed by atoms with Crippen molar-refractivity contribution < 1.29 is 14.3 Å². The summed E-state index contributed by atoms with van der Waals surface area (Å²) in [5, 5.41) is 0.947. The molecular weight excluding hydrogens is 290 g/mol. The molecule has 0 bridgehead atoms. The number of para-hydroxylation sites is 1. The number of ether oxygens (including phenoxy) is 1. The highest BCUT2D eigenvalue weighted by Gasteiger charge is 2.17. The maximum Gasteiger partial charge on any atom is 0.330 e. The van der Waals surface area contributed by atoms with Crippen LogP contribution in [-0.4, -0.2) is 23.6 Å². The molecule has 0 radical (unpaired) electrons. The van der Waals surface area contributed by atoms with Gasteiger partial charge >= 0.3 is 5.97 Å². The van der Waals surface area contributed by atoms with Gasteiger partial charge in [0.25, 0.3) is 0 Å². The van der Waals surface area contributed by atoms with Crippen molar-refractivity contribution in [2.24, 2.45) is 5.92 Å². The quantitative estimate of drug-likeness (QED) is 0.490. The van der Waals surface area contributed by atoms with Crippen molar-refractivity contribution in [1.82, 2.24) is 4.57 Å². The number of carbonyl (C=O) groups excluding carboxylic acids is 2. The molecule has 1 atom stereocenters. The first-order valence-electron chi connectivity index (χ1n) is 7.75. The molecule has 1 unspecified atom stereocenters. The minimum atomic E-state index is -0.413. The van der Waals surface area contributed by atoms with Crippen LogP contribution in [0, 0.1) is 5.92 Å². The van der Waals surface area contributed by atoms with E-state index in [0.717, 1.165) is 29.3 Å². The molecule has 0 aliphatic heterocycles. The number of aromatic nitrogens is 1. The van der Waals surface area contributed by atoms with Crippen LogP contribution in [0.4, 0.5) is 0 Å². The number of carbonyl (C=O) groups is 2. The van der Waals surface area contributed by atoms with E-state index < -0.39 is 5.97 Å². The first kappa shape index (κ1) is 15.3. The molecule has 0 saturated heterocycles. The van der Waals surface area contributed by atoms with E-state index in [-0.39, 0.29) is 5.91 Å². The van der Waals surface area contributed by atoms with Crippen molar-refractivity contribution in [3.05, 3.63) is 54.3 Å². The molecule has 0 spiro atoms. The van der Waals surface area contributed by atoms with Gasteiger partial charge in [0, 0.05) is 29.6 Å². The van der Waals surface area contributed by atoms with Gasteiger partial charge in [0.2, 0.25) is 5.91 Å². The molecular formula is C19H19NO3. The van der Waals surface area contributed by atoms with Crippen LogP contribution in [0.25, 0.3) is 17.0 Å². The van der Waals surface area contributed by atoms with E-state index in [0.29, 0.717) is 12.3 Å². The Hall–Kier alpha value is -2.62. The average Bonchev–Trinajstić information content (AvgIpc) is 3.20. The Kier molecular flexibility index (Phi) is 4.42. The van der Waals surface area contributed by atoms with Gasteiger partial charge in [-0.25, -0.2) is 4.79 Å². The average molecular weight is 309 g/mol. The maximum absolute atomic E-state index is 12.6. The molecule has 4 nitrogen and oxygen atoms in total. The van der Waals surface area contributed by atoms with E-state index in [1.165, 1.54) is 13.2 Å². The number of benzene rings is 1. The first-order chi connectivity index (χ1) is 11.2. The molecule has 1 heterocycles. The summed E-state index contributed by atoms with van der Waals surface area (Å²) >= 11 is 0. The lowest BCUT2D eigenvalue weighted by Gasteiger charge is -2.08. The van der Waals surface area contributed by atoms with Gasteiger partial charge in [-0.1, -0.05) is 30.4 Å². The Labute approximate surface area is 135 Å². The van der Waals surface area contributed by atoms with Gasteiger partial charge in [-0.3, -0.25) is 9.36 Å². The smallest absolute Gasteiger partial charge is 0.330 e. The second kappa shape index (κ2) is 6.65. The normalized spacial score (nSPS) is 17.2. The highest BCUT2D eigenvalue weighted by atomic mass is 16.5. The number of allylic oxidation sites excluding steroid dienone is 2. The second-order valence-corrected chi connectivity index (χ2v) is 5.69. The topological polar surface area (TPSA) is 48.3 Å². The van der Waals surface area contributed by atoms with Gasteiger partial charge in [0.05, 0.1) is 12.6 Å². The van der Waals surface area contributed by atoms with Crippen LogP contribution in [0.3, 0.4) is 0 Å². The van der Waals surface area contributed by atoms with Gasteiger partial charge in [-0.2, -0.15) is 0 Å². The maximum atomic E-state index is 12.6. The number of hydrogen-bond acceptors (Lipinski definition) is 3. The fourth-order valence-electron chi connectivity index (χ4n) is 2.96. The standard InChI is InChI=1S/C19H19NO3/c1-23-19(22)11-10-15-13-20(17-9-5-4-8-16(15)17)18(21)12-14-6-2-3-7-14/h2,4-6,8-11,13-14H,3,7,12H2,1H3. The van der Waals surface area contributed by atoms with E-state index in [1.807, 2.05) is 24.3 Å². The summed E-state index contributed by atoms with van der Waals surface area (Å²) in [7, 11) is 1.34. The molecule has 1 aromatic carbocycles. The van der Waals surface area contributed by atoms with Gasteiger partial charge in [0.15, 0.2) is 0 Å². The van der Waals surface area contributed by atoms with Gasteiger partial charge in [0.1, 0.15) is 0 Å². The monoisotopic (exact) mass is 309 g/mol. The second-order valence-electron chi connectivity index (χ2n) is 5.69. The van der Waals surface area contributed by atoms with E-state index in [1.54, 1.807) is 16.8 Å². The van der Waals surface area contributed by atoms with Crippen molar-refractivity contribution in [2.75, 3.05) is 7.11 Å². The van der Waals surface area contributed by atoms with Crippen LogP contribution >= 0.6 is 0 Å². The van der Waals surface area contributed by atoms with Gasteiger partial charge in [-0.05, 0) is 30.9 Å². The number of rotatable bonds is 4. The Morgan fingerprint density at radius 1 is 1.35 bits per heavy atom. The van der Waals surface area contributed by atoms with E-state index in [9.17, 15) is 9.59 Å². The number of fused-ring (bicyclic) bond motifs is 1. The van der Waals surface area contributed by atoms with E-state index in [4.69, 9.17) is 0 Å². The SMILES string of the molecule is COC(=O)C=Cc1cn(C(=O)CC2C=CCC2)c2ccccc12. The fourth-order valence-corrected chi connectivity index (χ4v) is 2.96. The lowest BCUT2D eigenvalue weighted by atomic mass is 10.1. The van der Waals surface area contributed by atoms with Crippen molar-refractivity contribution in [1.29, 1.82) is 0 Å². The molecule has 0 amide bonds. The molecule has 0 saturated carbocycles. The Bertz CT molecular complexity index is 798. The molecule has 1 aliphatic carbocycles. The third kappa shape index (κ3) is 3.26. The lowest BCUT2D eigenvalue weighted by molar-refractivity contribution is -0.134. The minimum Gasteiger partial charge on any atom is -0.466 e. The van der Waals surface area contributed by atoms with Crippen molar-refractivity contribution in [2.45, 2.75) is 19.3 Å². The van der Waals surface area contributed by atoms with Crippen molar-refractivity contribution in [3.63, 3.8) is 0 Å². The number of hydrogen-bond donors (Lipinski definition) is 0. The summed E-state index contributed by atoms with van der Waals surface area (Å²) in [6, 6.07) is 7.71. The predicted octanol–water partition coefficient (Wildman–Crippen LogP) is 3.82. The minimum absolute atomic E-state index is 0.0791. The zero-order valence-electron chi connectivity index (χ0n) is 13.1. The molecule has 0 N–H and O–H groups in total. The van der Waals surface area contributed by atoms with Crippen LogP contribution in [-0.2, 0) is 9.53 Å². The molecule has 3 rings (SSSR count). The molecule has 2 aromatic rings. The van der Waals surface area contributed by atoms with Crippen molar-refractivity contribution >= 4 is 28.9 Å². The number of esters is 1.